The average molecular weight is 479 g/mol. The van der Waals surface area contributed by atoms with E-state index in [1.54, 1.807) is 6.07 Å². The molecule has 0 radical (unpaired) electrons. The molecular formula is C21H27BrN4O4. The van der Waals surface area contributed by atoms with Crippen molar-refractivity contribution in [3.8, 4) is 0 Å². The topological polar surface area (TPSA) is 121 Å². The first kappa shape index (κ1) is 21.3. The van der Waals surface area contributed by atoms with Crippen molar-refractivity contribution < 1.29 is 14.0 Å². The highest BCUT2D eigenvalue weighted by Crippen LogP contribution is 2.33. The van der Waals surface area contributed by atoms with Crippen LogP contribution in [0.3, 0.4) is 0 Å². The predicted molar refractivity (Wildman–Crippen MR) is 117 cm³/mol. The van der Waals surface area contributed by atoms with E-state index < -0.39 is 11.7 Å². The molecule has 162 valence electrons. The van der Waals surface area contributed by atoms with Crippen molar-refractivity contribution in [3.63, 3.8) is 0 Å². The standard InChI is InChI=1S/C21H27BrN4O4/c22-18-17(20(23)28)13(10-16-19(18)25-21(29)30-16)9-14(11-27)26-8-2-1-3-15(26)12-4-6-24-7-5-12/h10-12,14-15,24H,1-9H2,(H2,23,28)(H,25,29). The minimum Gasteiger partial charge on any atom is -0.408 e. The van der Waals surface area contributed by atoms with E-state index in [4.69, 9.17) is 10.2 Å². The Hall–Kier alpha value is -1.97. The summed E-state index contributed by atoms with van der Waals surface area (Å²) in [6.07, 6.45) is 6.88. The van der Waals surface area contributed by atoms with Gasteiger partial charge in [-0.15, -0.1) is 0 Å². The normalized spacial score (nSPS) is 22.2. The molecule has 0 saturated carbocycles. The summed E-state index contributed by atoms with van der Waals surface area (Å²) in [5.74, 6) is -0.646. The highest BCUT2D eigenvalue weighted by Gasteiger charge is 2.35. The van der Waals surface area contributed by atoms with Crippen molar-refractivity contribution in [3.05, 3.63) is 32.2 Å². The van der Waals surface area contributed by atoms with Crippen LogP contribution in [-0.2, 0) is 11.2 Å². The summed E-state index contributed by atoms with van der Waals surface area (Å²) in [6, 6.07) is 1.65. The number of carbonyl (C=O) groups is 2. The number of hydrogen-bond acceptors (Lipinski definition) is 6. The second kappa shape index (κ2) is 9.03. The Bertz CT molecular complexity index is 995. The number of likely N-dealkylation sites (tertiary alicyclic amines) is 1. The van der Waals surface area contributed by atoms with Crippen molar-refractivity contribution in [2.24, 2.45) is 11.7 Å². The molecule has 1 amide bonds. The van der Waals surface area contributed by atoms with Gasteiger partial charge in [-0.2, -0.15) is 0 Å². The van der Waals surface area contributed by atoms with Crippen LogP contribution >= 0.6 is 15.9 Å². The van der Waals surface area contributed by atoms with Gasteiger partial charge in [0.2, 0.25) is 5.91 Å². The van der Waals surface area contributed by atoms with Crippen molar-refractivity contribution >= 4 is 39.2 Å². The zero-order valence-corrected chi connectivity index (χ0v) is 18.4. The number of benzene rings is 1. The van der Waals surface area contributed by atoms with Crippen LogP contribution in [-0.4, -0.2) is 53.8 Å². The molecule has 2 saturated heterocycles. The Morgan fingerprint density at radius 1 is 1.33 bits per heavy atom. The third kappa shape index (κ3) is 4.10. The van der Waals surface area contributed by atoms with Crippen LogP contribution < -0.4 is 16.8 Å². The van der Waals surface area contributed by atoms with Crippen molar-refractivity contribution in [1.82, 2.24) is 15.2 Å². The minimum atomic E-state index is -0.612. The maximum atomic E-state index is 12.2. The monoisotopic (exact) mass is 478 g/mol. The van der Waals surface area contributed by atoms with Gasteiger partial charge in [-0.25, -0.2) is 4.79 Å². The molecule has 1 aromatic heterocycles. The maximum Gasteiger partial charge on any atom is 0.417 e. The molecule has 2 atom stereocenters. The number of oxazole rings is 1. The lowest BCUT2D eigenvalue weighted by Gasteiger charge is -2.44. The number of aromatic amines is 1. The summed E-state index contributed by atoms with van der Waals surface area (Å²) in [7, 11) is 0. The van der Waals surface area contributed by atoms with Gasteiger partial charge in [0.1, 0.15) is 11.8 Å². The van der Waals surface area contributed by atoms with Gasteiger partial charge in [-0.05, 0) is 85.2 Å². The van der Waals surface area contributed by atoms with E-state index in [2.05, 4.69) is 31.1 Å². The molecule has 2 aliphatic heterocycles. The molecule has 2 unspecified atom stereocenters. The summed E-state index contributed by atoms with van der Waals surface area (Å²) in [6.45, 7) is 2.90. The van der Waals surface area contributed by atoms with Gasteiger partial charge in [0.25, 0.3) is 0 Å². The zero-order chi connectivity index (χ0) is 21.3. The van der Waals surface area contributed by atoms with Crippen LogP contribution in [0.1, 0.15) is 48.0 Å². The Kier molecular flexibility index (Phi) is 6.40. The maximum absolute atomic E-state index is 12.2. The third-order valence-electron chi connectivity index (χ3n) is 6.52. The quantitative estimate of drug-likeness (QED) is 0.545. The highest BCUT2D eigenvalue weighted by molar-refractivity contribution is 9.10. The first-order chi connectivity index (χ1) is 14.5. The first-order valence-corrected chi connectivity index (χ1v) is 11.3. The first-order valence-electron chi connectivity index (χ1n) is 10.6. The van der Waals surface area contributed by atoms with E-state index in [1.165, 1.54) is 6.42 Å². The molecule has 0 bridgehead atoms. The zero-order valence-electron chi connectivity index (χ0n) is 16.8. The Morgan fingerprint density at radius 3 is 2.80 bits per heavy atom. The molecule has 0 aliphatic carbocycles. The van der Waals surface area contributed by atoms with Gasteiger partial charge < -0.3 is 20.3 Å². The number of nitrogens with zero attached hydrogens (tertiary/aromatic N) is 1. The number of hydrogen-bond donors (Lipinski definition) is 3. The Morgan fingerprint density at radius 2 is 2.10 bits per heavy atom. The van der Waals surface area contributed by atoms with E-state index >= 15 is 0 Å². The lowest BCUT2D eigenvalue weighted by molar-refractivity contribution is -0.114. The highest BCUT2D eigenvalue weighted by atomic mass is 79.9. The molecule has 30 heavy (non-hydrogen) atoms. The van der Waals surface area contributed by atoms with E-state index in [9.17, 15) is 14.4 Å². The molecule has 9 heteroatoms. The number of primary amides is 1. The SMILES string of the molecule is NC(=O)c1c(CC(C=O)N2CCCCC2C2CCNCC2)cc2oc(=O)[nH]c2c1Br. The predicted octanol–water partition coefficient (Wildman–Crippen LogP) is 1.95. The van der Waals surface area contributed by atoms with Crippen LogP contribution in [0.25, 0.3) is 11.1 Å². The molecule has 1 aromatic carbocycles. The lowest BCUT2D eigenvalue weighted by atomic mass is 9.83. The summed E-state index contributed by atoms with van der Waals surface area (Å²) in [4.78, 5) is 41.0. The number of halogens is 1. The number of carbonyl (C=O) groups excluding carboxylic acids is 2. The van der Waals surface area contributed by atoms with Gasteiger partial charge in [-0.1, -0.05) is 6.42 Å². The number of aromatic nitrogens is 1. The number of amides is 1. The fraction of sp³-hybridized carbons (Fsp3) is 0.571. The number of nitrogens with two attached hydrogens (primary N) is 1. The summed E-state index contributed by atoms with van der Waals surface area (Å²) < 4.78 is 5.59. The van der Waals surface area contributed by atoms with Gasteiger partial charge >= 0.3 is 5.76 Å². The van der Waals surface area contributed by atoms with Crippen LogP contribution in [0.4, 0.5) is 0 Å². The van der Waals surface area contributed by atoms with Gasteiger partial charge in [0.05, 0.1) is 16.1 Å². The molecule has 3 heterocycles. The van der Waals surface area contributed by atoms with Gasteiger partial charge in [0, 0.05) is 6.04 Å². The van der Waals surface area contributed by atoms with E-state index in [1.807, 2.05) is 0 Å². The fourth-order valence-corrected chi connectivity index (χ4v) is 5.87. The number of piperidine rings is 2. The second-order valence-corrected chi connectivity index (χ2v) is 9.07. The number of H-pyrrole nitrogens is 1. The summed E-state index contributed by atoms with van der Waals surface area (Å²) >= 11 is 3.39. The van der Waals surface area contributed by atoms with Crippen molar-refractivity contribution in [2.75, 3.05) is 19.6 Å². The van der Waals surface area contributed by atoms with Crippen LogP contribution in [0.5, 0.6) is 0 Å². The molecule has 8 nitrogen and oxygen atoms in total. The molecule has 2 aliphatic rings. The number of rotatable bonds is 6. The number of aldehydes is 1. The second-order valence-electron chi connectivity index (χ2n) is 8.27. The number of nitrogens with one attached hydrogen (secondary N) is 2. The van der Waals surface area contributed by atoms with Crippen molar-refractivity contribution in [2.45, 2.75) is 50.6 Å². The van der Waals surface area contributed by atoms with Crippen LogP contribution in [0.2, 0.25) is 0 Å². The Balaban J connectivity index is 1.67. The van der Waals surface area contributed by atoms with E-state index in [0.717, 1.165) is 51.6 Å². The van der Waals surface area contributed by atoms with Crippen molar-refractivity contribution in [1.29, 1.82) is 0 Å². The molecular weight excluding hydrogens is 452 g/mol. The molecule has 2 aromatic rings. The fourth-order valence-electron chi connectivity index (χ4n) is 5.12. The molecule has 0 spiro atoms. The smallest absolute Gasteiger partial charge is 0.408 e. The average Bonchev–Trinajstić information content (AvgIpc) is 3.13. The number of fused-ring (bicyclic) bond motifs is 1. The van der Waals surface area contributed by atoms with Gasteiger partial charge in [-0.3, -0.25) is 14.7 Å². The van der Waals surface area contributed by atoms with Gasteiger partial charge in [0.15, 0.2) is 5.58 Å². The summed E-state index contributed by atoms with van der Waals surface area (Å²) in [5, 5.41) is 3.41. The Labute approximate surface area is 182 Å². The van der Waals surface area contributed by atoms with E-state index in [-0.39, 0.29) is 11.6 Å². The third-order valence-corrected chi connectivity index (χ3v) is 7.31. The lowest BCUT2D eigenvalue weighted by Crippen LogP contribution is -2.52. The summed E-state index contributed by atoms with van der Waals surface area (Å²) in [5.41, 5.74) is 7.27. The van der Waals surface area contributed by atoms with E-state index in [0.29, 0.717) is 39.5 Å². The minimum absolute atomic E-state index is 0.279. The molecule has 2 fully saturated rings. The van der Waals surface area contributed by atoms with Crippen LogP contribution in [0, 0.1) is 5.92 Å². The largest absolute Gasteiger partial charge is 0.417 e. The van der Waals surface area contributed by atoms with Crippen LogP contribution in [0.15, 0.2) is 19.8 Å². The molecule has 4 rings (SSSR count). The molecule has 4 N–H and O–H groups in total.